The standard InChI is InChI=1S/C22H42O4Si/c1-7-27(8-2,9-3)26-17-13-11-10-12-14-19(4)18-21(23)20(5)15-16-22(24)25-6/h10,12,14,20-21,23H,7-9,11,13,15-18H2,1-6H3/b12-10+,19-14+/t20-,21+/m1/s1. The molecule has 158 valence electrons. The van der Waals surface area contributed by atoms with Crippen LogP contribution in [0.5, 0.6) is 0 Å². The van der Waals surface area contributed by atoms with E-state index in [2.05, 4.69) is 43.7 Å². The van der Waals surface area contributed by atoms with Crippen molar-refractivity contribution >= 4 is 14.3 Å². The predicted molar refractivity (Wildman–Crippen MR) is 116 cm³/mol. The Labute approximate surface area is 168 Å². The molecule has 0 bridgehead atoms. The van der Waals surface area contributed by atoms with E-state index < -0.39 is 14.4 Å². The first-order valence-corrected chi connectivity index (χ1v) is 13.1. The average Bonchev–Trinajstić information content (AvgIpc) is 2.68. The molecule has 5 heteroatoms. The molecule has 0 heterocycles. The topological polar surface area (TPSA) is 55.8 Å². The van der Waals surface area contributed by atoms with Crippen LogP contribution in [0.3, 0.4) is 0 Å². The lowest BCUT2D eigenvalue weighted by atomic mass is 9.94. The van der Waals surface area contributed by atoms with Crippen LogP contribution in [0.25, 0.3) is 0 Å². The Morgan fingerprint density at radius 3 is 2.37 bits per heavy atom. The van der Waals surface area contributed by atoms with Crippen LogP contribution >= 0.6 is 0 Å². The highest BCUT2D eigenvalue weighted by atomic mass is 28.4. The van der Waals surface area contributed by atoms with Gasteiger partial charge < -0.3 is 14.3 Å². The van der Waals surface area contributed by atoms with Crippen molar-refractivity contribution in [3.8, 4) is 0 Å². The molecule has 4 nitrogen and oxygen atoms in total. The van der Waals surface area contributed by atoms with Crippen LogP contribution in [-0.2, 0) is 14.0 Å². The Morgan fingerprint density at radius 2 is 1.81 bits per heavy atom. The van der Waals surface area contributed by atoms with Crippen molar-refractivity contribution < 1.29 is 19.1 Å². The van der Waals surface area contributed by atoms with E-state index >= 15 is 0 Å². The maximum Gasteiger partial charge on any atom is 0.305 e. The SMILES string of the molecule is CC[Si](CC)(CC)OCCC/C=C/C=C(\C)C[C@H](O)[C@H](C)CCC(=O)OC. The third-order valence-electron chi connectivity index (χ3n) is 5.59. The molecule has 0 aliphatic rings. The number of unbranched alkanes of at least 4 members (excludes halogenated alkanes) is 1. The summed E-state index contributed by atoms with van der Waals surface area (Å²) in [5.74, 6) is -0.140. The first-order chi connectivity index (χ1) is 12.8. The number of ether oxygens (including phenoxy) is 1. The summed E-state index contributed by atoms with van der Waals surface area (Å²) in [5, 5.41) is 10.3. The van der Waals surface area contributed by atoms with Crippen molar-refractivity contribution in [3.05, 3.63) is 23.8 Å². The van der Waals surface area contributed by atoms with Gasteiger partial charge in [0.05, 0.1) is 13.2 Å². The predicted octanol–water partition coefficient (Wildman–Crippen LogP) is 5.63. The van der Waals surface area contributed by atoms with Gasteiger partial charge in [-0.2, -0.15) is 0 Å². The summed E-state index contributed by atoms with van der Waals surface area (Å²) in [7, 11) is -0.0490. The molecule has 27 heavy (non-hydrogen) atoms. The van der Waals surface area contributed by atoms with Gasteiger partial charge in [-0.05, 0) is 56.7 Å². The quantitative estimate of drug-likeness (QED) is 0.168. The number of allylic oxidation sites excluding steroid dienone is 3. The fourth-order valence-electron chi connectivity index (χ4n) is 3.11. The molecule has 0 aromatic carbocycles. The maximum absolute atomic E-state index is 11.2. The minimum Gasteiger partial charge on any atom is -0.469 e. The molecule has 2 atom stereocenters. The fraction of sp³-hybridized carbons (Fsp3) is 0.773. The number of aliphatic hydroxyl groups excluding tert-OH is 1. The van der Waals surface area contributed by atoms with Crippen molar-refractivity contribution in [1.82, 2.24) is 0 Å². The summed E-state index contributed by atoms with van der Waals surface area (Å²) in [6.07, 6.45) is 9.61. The number of methoxy groups -OCH3 is 1. The van der Waals surface area contributed by atoms with Crippen molar-refractivity contribution in [2.45, 2.75) is 91.0 Å². The molecule has 0 aliphatic carbocycles. The van der Waals surface area contributed by atoms with E-state index in [-0.39, 0.29) is 11.9 Å². The molecule has 0 saturated heterocycles. The number of hydrogen-bond donors (Lipinski definition) is 1. The summed E-state index contributed by atoms with van der Waals surface area (Å²) in [5.41, 5.74) is 1.15. The van der Waals surface area contributed by atoms with E-state index in [9.17, 15) is 9.90 Å². The summed E-state index contributed by atoms with van der Waals surface area (Å²) in [6, 6.07) is 3.62. The summed E-state index contributed by atoms with van der Waals surface area (Å²) < 4.78 is 10.9. The van der Waals surface area contributed by atoms with Gasteiger partial charge >= 0.3 is 5.97 Å². The second-order valence-corrected chi connectivity index (χ2v) is 12.3. The summed E-state index contributed by atoms with van der Waals surface area (Å²) in [6.45, 7) is 11.7. The molecule has 0 saturated carbocycles. The second kappa shape index (κ2) is 15.1. The van der Waals surface area contributed by atoms with Gasteiger partial charge in [-0.1, -0.05) is 51.5 Å². The van der Waals surface area contributed by atoms with Crippen LogP contribution in [0.1, 0.15) is 66.7 Å². The zero-order valence-corrected chi connectivity index (χ0v) is 19.4. The maximum atomic E-state index is 11.2. The minimum absolute atomic E-state index is 0.0775. The Kier molecular flexibility index (Phi) is 14.6. The number of rotatable bonds is 15. The van der Waals surface area contributed by atoms with Gasteiger partial charge in [-0.15, -0.1) is 0 Å². The zero-order valence-electron chi connectivity index (χ0n) is 18.4. The van der Waals surface area contributed by atoms with Crippen LogP contribution in [0.2, 0.25) is 18.1 Å². The van der Waals surface area contributed by atoms with E-state index in [0.29, 0.717) is 19.3 Å². The van der Waals surface area contributed by atoms with E-state index in [0.717, 1.165) is 25.0 Å². The zero-order chi connectivity index (χ0) is 20.7. The number of hydrogen-bond acceptors (Lipinski definition) is 4. The highest BCUT2D eigenvalue weighted by Crippen LogP contribution is 2.22. The second-order valence-electron chi connectivity index (χ2n) is 7.54. The minimum atomic E-state index is -1.44. The highest BCUT2D eigenvalue weighted by molar-refractivity contribution is 6.73. The van der Waals surface area contributed by atoms with E-state index in [4.69, 9.17) is 4.43 Å². The lowest BCUT2D eigenvalue weighted by Gasteiger charge is -2.27. The van der Waals surface area contributed by atoms with Crippen LogP contribution in [0.4, 0.5) is 0 Å². The van der Waals surface area contributed by atoms with E-state index in [1.54, 1.807) is 0 Å². The van der Waals surface area contributed by atoms with Gasteiger partial charge in [0.25, 0.3) is 0 Å². The molecule has 0 unspecified atom stereocenters. The van der Waals surface area contributed by atoms with Crippen molar-refractivity contribution in [1.29, 1.82) is 0 Å². The third-order valence-corrected chi connectivity index (χ3v) is 10.3. The molecule has 0 aliphatic heterocycles. The number of aliphatic hydroxyl groups is 1. The Bertz CT molecular complexity index is 447. The van der Waals surface area contributed by atoms with Crippen molar-refractivity contribution in [2.24, 2.45) is 5.92 Å². The van der Waals surface area contributed by atoms with Crippen molar-refractivity contribution in [2.75, 3.05) is 13.7 Å². The monoisotopic (exact) mass is 398 g/mol. The molecule has 0 amide bonds. The normalized spacial score (nSPS) is 15.1. The van der Waals surface area contributed by atoms with Crippen LogP contribution in [0, 0.1) is 5.92 Å². The molecule has 0 rings (SSSR count). The fourth-order valence-corrected chi connectivity index (χ4v) is 5.80. The van der Waals surface area contributed by atoms with Gasteiger partial charge in [0.15, 0.2) is 8.32 Å². The number of esters is 1. The van der Waals surface area contributed by atoms with Crippen LogP contribution in [0.15, 0.2) is 23.8 Å². The Balaban J connectivity index is 4.10. The van der Waals surface area contributed by atoms with Gasteiger partial charge in [0.2, 0.25) is 0 Å². The van der Waals surface area contributed by atoms with Gasteiger partial charge in [-0.3, -0.25) is 4.79 Å². The largest absolute Gasteiger partial charge is 0.469 e. The Morgan fingerprint density at radius 1 is 1.19 bits per heavy atom. The molecule has 0 radical (unpaired) electrons. The third kappa shape index (κ3) is 11.5. The van der Waals surface area contributed by atoms with E-state index in [1.165, 1.54) is 25.2 Å². The van der Waals surface area contributed by atoms with Gasteiger partial charge in [0.1, 0.15) is 0 Å². The molecule has 0 aromatic rings. The summed E-state index contributed by atoms with van der Waals surface area (Å²) >= 11 is 0. The number of carbonyl (C=O) groups excluding carboxylic acids is 1. The first kappa shape index (κ1) is 26.1. The van der Waals surface area contributed by atoms with Crippen LogP contribution < -0.4 is 0 Å². The van der Waals surface area contributed by atoms with E-state index in [1.807, 2.05) is 13.8 Å². The summed E-state index contributed by atoms with van der Waals surface area (Å²) in [4.78, 5) is 11.2. The molecule has 0 spiro atoms. The highest BCUT2D eigenvalue weighted by Gasteiger charge is 2.27. The van der Waals surface area contributed by atoms with Gasteiger partial charge in [-0.25, -0.2) is 0 Å². The Hall–Kier alpha value is -0.913. The molecular weight excluding hydrogens is 356 g/mol. The van der Waals surface area contributed by atoms with Gasteiger partial charge in [0, 0.05) is 13.0 Å². The molecule has 0 fully saturated rings. The van der Waals surface area contributed by atoms with Crippen LogP contribution in [-0.4, -0.2) is 39.2 Å². The first-order valence-electron chi connectivity index (χ1n) is 10.5. The smallest absolute Gasteiger partial charge is 0.305 e. The lowest BCUT2D eigenvalue weighted by molar-refractivity contribution is -0.141. The average molecular weight is 399 g/mol. The molecule has 1 N–H and O–H groups in total. The van der Waals surface area contributed by atoms with Crippen molar-refractivity contribution in [3.63, 3.8) is 0 Å². The molecular formula is C22H42O4Si. The number of carbonyl (C=O) groups is 1. The molecule has 0 aromatic heterocycles. The lowest BCUT2D eigenvalue weighted by Crippen LogP contribution is -2.36.